The third kappa shape index (κ3) is 4.94. The number of likely N-dealkylation sites (tertiary alicyclic amines) is 2. The second-order valence-electron chi connectivity index (χ2n) is 12.8. The summed E-state index contributed by atoms with van der Waals surface area (Å²) in [5, 5.41) is 0. The molecular formula is C32H38N4O7. The summed E-state index contributed by atoms with van der Waals surface area (Å²) in [6, 6.07) is 10.3. The highest BCUT2D eigenvalue weighted by atomic mass is 16.6. The molecule has 4 heterocycles. The summed E-state index contributed by atoms with van der Waals surface area (Å²) in [6.45, 7) is 7.24. The molecule has 43 heavy (non-hydrogen) atoms. The topological polar surface area (TPSA) is 112 Å². The van der Waals surface area contributed by atoms with Crippen molar-refractivity contribution < 1.29 is 28.6 Å². The Morgan fingerprint density at radius 1 is 1.05 bits per heavy atom. The zero-order valence-electron chi connectivity index (χ0n) is 25.3. The maximum Gasteiger partial charge on any atom is 0.410 e. The first-order valence-electron chi connectivity index (χ1n) is 14.7. The van der Waals surface area contributed by atoms with Crippen LogP contribution in [0.1, 0.15) is 63.6 Å². The number of rotatable bonds is 4. The zero-order chi connectivity index (χ0) is 30.7. The number of carbonyl (C=O) groups is 3. The molecule has 228 valence electrons. The highest BCUT2D eigenvalue weighted by molar-refractivity contribution is 6.00. The minimum absolute atomic E-state index is 0.124. The summed E-state index contributed by atoms with van der Waals surface area (Å²) in [7, 11) is 3.27. The van der Waals surface area contributed by atoms with Crippen LogP contribution in [0.25, 0.3) is 11.0 Å². The lowest BCUT2D eigenvalue weighted by Gasteiger charge is -2.38. The van der Waals surface area contributed by atoms with Crippen molar-refractivity contribution in [2.45, 2.75) is 70.1 Å². The zero-order valence-corrected chi connectivity index (χ0v) is 25.3. The Labute approximate surface area is 249 Å². The molecule has 3 aliphatic heterocycles. The molecule has 1 unspecified atom stereocenters. The summed E-state index contributed by atoms with van der Waals surface area (Å²) in [5.41, 5.74) is 1.89. The van der Waals surface area contributed by atoms with E-state index < -0.39 is 17.6 Å². The minimum atomic E-state index is -0.808. The number of methoxy groups -OCH3 is 1. The van der Waals surface area contributed by atoms with E-state index in [1.54, 1.807) is 35.8 Å². The van der Waals surface area contributed by atoms with Crippen LogP contribution in [0, 0.1) is 0 Å². The summed E-state index contributed by atoms with van der Waals surface area (Å²) in [4.78, 5) is 55.9. The van der Waals surface area contributed by atoms with E-state index in [1.807, 2.05) is 45.0 Å². The van der Waals surface area contributed by atoms with Gasteiger partial charge >= 0.3 is 11.8 Å². The van der Waals surface area contributed by atoms with Crippen molar-refractivity contribution in [1.29, 1.82) is 0 Å². The molecule has 3 amide bonds. The summed E-state index contributed by atoms with van der Waals surface area (Å²) in [5.74, 6) is 0.685. The Balaban J connectivity index is 1.28. The predicted molar refractivity (Wildman–Crippen MR) is 158 cm³/mol. The van der Waals surface area contributed by atoms with Gasteiger partial charge in [0.25, 0.3) is 5.91 Å². The van der Waals surface area contributed by atoms with Gasteiger partial charge in [-0.2, -0.15) is 0 Å². The molecule has 0 saturated carbocycles. The van der Waals surface area contributed by atoms with Crippen LogP contribution in [-0.2, 0) is 33.3 Å². The molecule has 1 spiro atoms. The number of benzene rings is 2. The van der Waals surface area contributed by atoms with E-state index in [9.17, 15) is 19.2 Å². The first kappa shape index (κ1) is 28.8. The number of ether oxygens (including phenoxy) is 3. The second-order valence-corrected chi connectivity index (χ2v) is 12.8. The highest BCUT2D eigenvalue weighted by Crippen LogP contribution is 2.48. The number of aromatic nitrogens is 2. The maximum absolute atomic E-state index is 13.8. The fourth-order valence-corrected chi connectivity index (χ4v) is 6.59. The van der Waals surface area contributed by atoms with Crippen molar-refractivity contribution in [1.82, 2.24) is 18.9 Å². The monoisotopic (exact) mass is 590 g/mol. The van der Waals surface area contributed by atoms with Crippen LogP contribution in [0.4, 0.5) is 4.79 Å². The molecule has 3 aliphatic rings. The summed E-state index contributed by atoms with van der Waals surface area (Å²) >= 11 is 0. The van der Waals surface area contributed by atoms with E-state index in [0.717, 1.165) is 11.1 Å². The summed E-state index contributed by atoms with van der Waals surface area (Å²) in [6.07, 6.45) is 1.52. The van der Waals surface area contributed by atoms with Crippen LogP contribution in [0.2, 0.25) is 0 Å². The number of hydrogen-bond acceptors (Lipinski definition) is 7. The third-order valence-corrected chi connectivity index (χ3v) is 8.93. The fraction of sp³-hybridized carbons (Fsp3) is 0.500. The Bertz CT molecular complexity index is 1660. The average molecular weight is 591 g/mol. The number of nitrogens with zero attached hydrogens (tertiary/aromatic N) is 4. The van der Waals surface area contributed by atoms with Crippen molar-refractivity contribution >= 4 is 28.9 Å². The van der Waals surface area contributed by atoms with E-state index >= 15 is 0 Å². The number of fused-ring (bicyclic) bond motifs is 4. The molecule has 2 aromatic carbocycles. The lowest BCUT2D eigenvalue weighted by molar-refractivity contribution is -0.151. The molecule has 11 nitrogen and oxygen atoms in total. The summed E-state index contributed by atoms with van der Waals surface area (Å²) < 4.78 is 20.2. The van der Waals surface area contributed by atoms with Crippen molar-refractivity contribution in [3.05, 3.63) is 58.0 Å². The molecule has 0 aliphatic carbocycles. The van der Waals surface area contributed by atoms with Gasteiger partial charge in [-0.3, -0.25) is 23.6 Å². The van der Waals surface area contributed by atoms with Crippen LogP contribution in [-0.4, -0.2) is 69.2 Å². The van der Waals surface area contributed by atoms with Crippen molar-refractivity contribution in [2.24, 2.45) is 7.05 Å². The van der Waals surface area contributed by atoms with Gasteiger partial charge in [0.15, 0.2) is 0 Å². The highest BCUT2D eigenvalue weighted by Gasteiger charge is 2.46. The van der Waals surface area contributed by atoms with Gasteiger partial charge in [-0.25, -0.2) is 9.59 Å². The normalized spacial score (nSPS) is 20.0. The smallest absolute Gasteiger partial charge is 0.410 e. The number of imidazole rings is 1. The van der Waals surface area contributed by atoms with Crippen molar-refractivity contribution in [2.75, 3.05) is 26.8 Å². The molecular weight excluding hydrogens is 552 g/mol. The lowest BCUT2D eigenvalue weighted by atomic mass is 9.74. The quantitative estimate of drug-likeness (QED) is 0.424. The van der Waals surface area contributed by atoms with Gasteiger partial charge in [-0.05, 0) is 63.8 Å². The average Bonchev–Trinajstić information content (AvgIpc) is 3.45. The molecule has 1 aromatic heterocycles. The van der Waals surface area contributed by atoms with E-state index in [0.29, 0.717) is 55.1 Å². The number of aryl methyl sites for hydroxylation is 1. The maximum atomic E-state index is 13.8. The van der Waals surface area contributed by atoms with Crippen LogP contribution in [0.15, 0.2) is 41.2 Å². The Morgan fingerprint density at radius 2 is 1.74 bits per heavy atom. The first-order valence-corrected chi connectivity index (χ1v) is 14.7. The minimum Gasteiger partial charge on any atom is -0.497 e. The van der Waals surface area contributed by atoms with Crippen LogP contribution >= 0.6 is 0 Å². The Kier molecular flexibility index (Phi) is 7.01. The van der Waals surface area contributed by atoms with Gasteiger partial charge in [-0.1, -0.05) is 18.2 Å². The number of imide groups is 1. The van der Waals surface area contributed by atoms with E-state index in [4.69, 9.17) is 14.2 Å². The SMILES string of the molecule is COc1ccc(CN2C(=O)CCC(n3c(=O)n(C)c4c5c(ccc43)C3(CCN(C(=O)OC(C)(C)C)CC3)CO5)C2=O)cc1. The van der Waals surface area contributed by atoms with Crippen LogP contribution < -0.4 is 15.2 Å². The van der Waals surface area contributed by atoms with Gasteiger partial charge in [0.05, 0.1) is 25.8 Å². The fourth-order valence-electron chi connectivity index (χ4n) is 6.59. The largest absolute Gasteiger partial charge is 0.497 e. The van der Waals surface area contributed by atoms with Crippen molar-refractivity contribution in [3.8, 4) is 11.5 Å². The van der Waals surface area contributed by atoms with E-state index in [1.165, 1.54) is 9.47 Å². The third-order valence-electron chi connectivity index (χ3n) is 8.93. The number of hydrogen-bond donors (Lipinski definition) is 0. The molecule has 2 fully saturated rings. The van der Waals surface area contributed by atoms with Gasteiger partial charge in [0, 0.05) is 37.5 Å². The number of piperidine rings is 2. The lowest BCUT2D eigenvalue weighted by Crippen LogP contribution is -2.47. The molecule has 11 heteroatoms. The van der Waals surface area contributed by atoms with Gasteiger partial charge in [0.2, 0.25) is 5.91 Å². The number of carbonyl (C=O) groups excluding carboxylic acids is 3. The number of amides is 3. The molecule has 0 bridgehead atoms. The predicted octanol–water partition coefficient (Wildman–Crippen LogP) is 3.90. The Morgan fingerprint density at radius 3 is 2.40 bits per heavy atom. The molecule has 0 radical (unpaired) electrons. The van der Waals surface area contributed by atoms with Gasteiger partial charge in [-0.15, -0.1) is 0 Å². The van der Waals surface area contributed by atoms with Crippen LogP contribution in [0.5, 0.6) is 11.5 Å². The van der Waals surface area contributed by atoms with Gasteiger partial charge in [0.1, 0.15) is 28.7 Å². The van der Waals surface area contributed by atoms with E-state index in [2.05, 4.69) is 0 Å². The molecule has 2 saturated heterocycles. The molecule has 6 rings (SSSR count). The molecule has 3 aromatic rings. The Hall–Kier alpha value is -4.28. The first-order chi connectivity index (χ1) is 20.4. The van der Waals surface area contributed by atoms with Crippen molar-refractivity contribution in [3.63, 3.8) is 0 Å². The van der Waals surface area contributed by atoms with E-state index in [-0.39, 0.29) is 42.5 Å². The second kappa shape index (κ2) is 10.5. The molecule has 0 N–H and O–H groups in total. The molecule has 1 atom stereocenters. The van der Waals surface area contributed by atoms with Crippen LogP contribution in [0.3, 0.4) is 0 Å². The van der Waals surface area contributed by atoms with Gasteiger partial charge < -0.3 is 19.1 Å². The standard InChI is InChI=1S/C32H38N4O7/c1-31(2,3)43-30(40)34-16-14-32(15-17-34)19-42-27-22(32)10-11-23-26(27)33(4)29(39)36(23)24-12-13-25(37)35(28(24)38)18-20-6-8-21(41-5)9-7-20/h6-11,24H,12-19H2,1-5H3.